The summed E-state index contributed by atoms with van der Waals surface area (Å²) in [7, 11) is 3.12. The van der Waals surface area contributed by atoms with E-state index in [0.29, 0.717) is 22.1 Å². The maximum atomic E-state index is 13.5. The smallest absolute Gasteiger partial charge is 0.349 e. The summed E-state index contributed by atoms with van der Waals surface area (Å²) in [5.41, 5.74) is 0.583. The number of halogens is 1. The lowest BCUT2D eigenvalue weighted by Gasteiger charge is -2.15. The largest absolute Gasteiger partial charge is 0.465 e. The van der Waals surface area contributed by atoms with Crippen LogP contribution in [0.3, 0.4) is 0 Å². The Labute approximate surface area is 114 Å². The van der Waals surface area contributed by atoms with Gasteiger partial charge in [-0.15, -0.1) is 0 Å². The van der Waals surface area contributed by atoms with E-state index in [1.54, 1.807) is 30.1 Å². The van der Waals surface area contributed by atoms with Crippen LogP contribution in [0.15, 0.2) is 30.5 Å². The predicted octanol–water partition coefficient (Wildman–Crippen LogP) is 2.71. The van der Waals surface area contributed by atoms with Crippen molar-refractivity contribution in [1.82, 2.24) is 4.98 Å². The fourth-order valence-corrected chi connectivity index (χ4v) is 2.38. The van der Waals surface area contributed by atoms with Crippen LogP contribution in [-0.2, 0) is 11.3 Å². The lowest BCUT2D eigenvalue weighted by atomic mass is 10.2. The Kier molecular flexibility index (Phi) is 4.11. The maximum absolute atomic E-state index is 13.5. The second kappa shape index (κ2) is 5.79. The van der Waals surface area contributed by atoms with E-state index in [-0.39, 0.29) is 5.82 Å². The van der Waals surface area contributed by atoms with Crippen LogP contribution in [0.25, 0.3) is 0 Å². The van der Waals surface area contributed by atoms with Crippen molar-refractivity contribution in [3.05, 3.63) is 46.7 Å². The molecule has 0 N–H and O–H groups in total. The molecule has 0 aliphatic carbocycles. The molecular weight excluding hydrogens is 267 g/mol. The molecule has 0 bridgehead atoms. The molecule has 100 valence electrons. The first-order valence-electron chi connectivity index (χ1n) is 5.60. The molecule has 0 saturated carbocycles. The summed E-state index contributed by atoms with van der Waals surface area (Å²) in [5.74, 6) is -0.665. The molecule has 0 fully saturated rings. The second-order valence-corrected chi connectivity index (χ2v) is 4.96. The van der Waals surface area contributed by atoms with Gasteiger partial charge >= 0.3 is 5.97 Å². The fourth-order valence-electron chi connectivity index (χ4n) is 1.59. The molecule has 0 aliphatic heterocycles. The van der Waals surface area contributed by atoms with E-state index in [2.05, 4.69) is 9.72 Å². The molecule has 2 aromatic rings. The molecule has 0 atom stereocenters. The minimum atomic E-state index is -0.414. The van der Waals surface area contributed by atoms with Gasteiger partial charge in [-0.25, -0.2) is 14.2 Å². The number of hydrogen-bond acceptors (Lipinski definition) is 5. The summed E-state index contributed by atoms with van der Waals surface area (Å²) in [6.07, 6.45) is 1.46. The van der Waals surface area contributed by atoms with Gasteiger partial charge in [-0.3, -0.25) is 0 Å². The van der Waals surface area contributed by atoms with E-state index in [9.17, 15) is 9.18 Å². The van der Waals surface area contributed by atoms with Gasteiger partial charge in [-0.1, -0.05) is 29.5 Å². The average Bonchev–Trinajstić information content (AvgIpc) is 2.90. The van der Waals surface area contributed by atoms with E-state index < -0.39 is 5.97 Å². The third-order valence-electron chi connectivity index (χ3n) is 2.57. The van der Waals surface area contributed by atoms with Crippen LogP contribution >= 0.6 is 11.3 Å². The number of hydrogen-bond donors (Lipinski definition) is 0. The first-order chi connectivity index (χ1) is 9.11. The Morgan fingerprint density at radius 2 is 2.21 bits per heavy atom. The summed E-state index contributed by atoms with van der Waals surface area (Å²) in [4.78, 5) is 17.7. The molecule has 1 heterocycles. The monoisotopic (exact) mass is 280 g/mol. The molecular formula is C13H13FN2O2S. The number of methoxy groups -OCH3 is 1. The van der Waals surface area contributed by atoms with Crippen molar-refractivity contribution in [2.75, 3.05) is 19.1 Å². The Bertz CT molecular complexity index is 586. The minimum Gasteiger partial charge on any atom is -0.465 e. The number of thiazole rings is 1. The molecule has 0 unspecified atom stereocenters. The standard InChI is InChI=1S/C13H13FN2O2S/c1-16(8-9-5-3-4-6-10(9)14)13-15-7-11(19-13)12(17)18-2/h3-7H,8H2,1-2H3. The van der Waals surface area contributed by atoms with Crippen LogP contribution in [0, 0.1) is 5.82 Å². The van der Waals surface area contributed by atoms with Gasteiger partial charge in [0.25, 0.3) is 0 Å². The highest BCUT2D eigenvalue weighted by atomic mass is 32.1. The number of benzene rings is 1. The van der Waals surface area contributed by atoms with E-state index >= 15 is 0 Å². The van der Waals surface area contributed by atoms with Crippen molar-refractivity contribution in [1.29, 1.82) is 0 Å². The Balaban J connectivity index is 2.12. The van der Waals surface area contributed by atoms with Crippen molar-refractivity contribution in [2.24, 2.45) is 0 Å². The van der Waals surface area contributed by atoms with Gasteiger partial charge in [0, 0.05) is 19.2 Å². The number of aromatic nitrogens is 1. The summed E-state index contributed by atoms with van der Waals surface area (Å²) >= 11 is 1.22. The van der Waals surface area contributed by atoms with E-state index in [1.165, 1.54) is 30.7 Å². The summed E-state index contributed by atoms with van der Waals surface area (Å²) < 4.78 is 18.2. The molecule has 0 amide bonds. The predicted molar refractivity (Wildman–Crippen MR) is 72.0 cm³/mol. The highest BCUT2D eigenvalue weighted by Crippen LogP contribution is 2.23. The quantitative estimate of drug-likeness (QED) is 0.808. The normalized spacial score (nSPS) is 10.3. The Morgan fingerprint density at radius 1 is 1.47 bits per heavy atom. The zero-order chi connectivity index (χ0) is 13.8. The number of ether oxygens (including phenoxy) is 1. The van der Waals surface area contributed by atoms with Crippen LogP contribution in [0.5, 0.6) is 0 Å². The summed E-state index contributed by atoms with van der Waals surface area (Å²) in [6, 6.07) is 6.58. The molecule has 0 saturated heterocycles. The minimum absolute atomic E-state index is 0.251. The molecule has 2 rings (SSSR count). The molecule has 19 heavy (non-hydrogen) atoms. The maximum Gasteiger partial charge on any atom is 0.349 e. The lowest BCUT2D eigenvalue weighted by molar-refractivity contribution is 0.0606. The van der Waals surface area contributed by atoms with Gasteiger partial charge in [0.05, 0.1) is 13.3 Å². The Morgan fingerprint density at radius 3 is 2.89 bits per heavy atom. The number of nitrogens with zero attached hydrogens (tertiary/aromatic N) is 2. The second-order valence-electron chi connectivity index (χ2n) is 3.95. The van der Waals surface area contributed by atoms with Crippen LogP contribution in [-0.4, -0.2) is 25.1 Å². The zero-order valence-electron chi connectivity index (χ0n) is 10.6. The van der Waals surface area contributed by atoms with Gasteiger partial charge in [0.1, 0.15) is 10.7 Å². The van der Waals surface area contributed by atoms with Crippen molar-refractivity contribution < 1.29 is 13.9 Å². The van der Waals surface area contributed by atoms with Crippen molar-refractivity contribution in [3.8, 4) is 0 Å². The zero-order valence-corrected chi connectivity index (χ0v) is 11.4. The molecule has 4 nitrogen and oxygen atoms in total. The van der Waals surface area contributed by atoms with Gasteiger partial charge in [0.15, 0.2) is 5.13 Å². The number of carbonyl (C=O) groups excluding carboxylic acids is 1. The molecule has 6 heteroatoms. The summed E-state index contributed by atoms with van der Waals surface area (Å²) in [6.45, 7) is 0.390. The van der Waals surface area contributed by atoms with Crippen LogP contribution in [0.1, 0.15) is 15.2 Å². The van der Waals surface area contributed by atoms with Gasteiger partial charge in [-0.05, 0) is 6.07 Å². The van der Waals surface area contributed by atoms with Crippen LogP contribution < -0.4 is 4.90 Å². The molecule has 0 radical (unpaired) electrons. The van der Waals surface area contributed by atoms with E-state index in [4.69, 9.17) is 0 Å². The number of esters is 1. The average molecular weight is 280 g/mol. The first kappa shape index (κ1) is 13.5. The van der Waals surface area contributed by atoms with Gasteiger partial charge in [-0.2, -0.15) is 0 Å². The van der Waals surface area contributed by atoms with Crippen molar-refractivity contribution in [3.63, 3.8) is 0 Å². The fraction of sp³-hybridized carbons (Fsp3) is 0.231. The first-order valence-corrected chi connectivity index (χ1v) is 6.42. The SMILES string of the molecule is COC(=O)c1cnc(N(C)Cc2ccccc2F)s1. The molecule has 0 aliphatic rings. The van der Waals surface area contributed by atoms with Crippen molar-refractivity contribution >= 4 is 22.4 Å². The number of anilines is 1. The van der Waals surface area contributed by atoms with Crippen LogP contribution in [0.2, 0.25) is 0 Å². The Hall–Kier alpha value is -1.95. The molecule has 1 aromatic carbocycles. The van der Waals surface area contributed by atoms with E-state index in [0.717, 1.165) is 0 Å². The van der Waals surface area contributed by atoms with Gasteiger partial charge < -0.3 is 9.64 Å². The number of carbonyl (C=O) groups is 1. The summed E-state index contributed by atoms with van der Waals surface area (Å²) in [5, 5.41) is 0.642. The molecule has 0 spiro atoms. The third-order valence-corrected chi connectivity index (χ3v) is 3.66. The van der Waals surface area contributed by atoms with Crippen LogP contribution in [0.4, 0.5) is 9.52 Å². The number of rotatable bonds is 4. The topological polar surface area (TPSA) is 42.4 Å². The van der Waals surface area contributed by atoms with Gasteiger partial charge in [0.2, 0.25) is 0 Å². The lowest BCUT2D eigenvalue weighted by Crippen LogP contribution is -2.16. The highest BCUT2D eigenvalue weighted by Gasteiger charge is 2.14. The molecule has 1 aromatic heterocycles. The highest BCUT2D eigenvalue weighted by molar-refractivity contribution is 7.17. The third kappa shape index (κ3) is 3.08. The van der Waals surface area contributed by atoms with Crippen molar-refractivity contribution in [2.45, 2.75) is 6.54 Å². The van der Waals surface area contributed by atoms with E-state index in [1.807, 2.05) is 0 Å².